The van der Waals surface area contributed by atoms with Crippen LogP contribution in [0.15, 0.2) is 0 Å². The van der Waals surface area contributed by atoms with Gasteiger partial charge in [0, 0.05) is 6.04 Å². The molecule has 0 heterocycles. The number of rotatable bonds is 1. The SMILES string of the molecule is CC1(C)CC1NC(N)=S. The first-order valence-electron chi connectivity index (χ1n) is 3.08. The normalized spacial score (nSPS) is 29.3. The van der Waals surface area contributed by atoms with Crippen LogP contribution in [0.1, 0.15) is 20.3 Å². The van der Waals surface area contributed by atoms with Gasteiger partial charge in [-0.3, -0.25) is 0 Å². The number of thiocarbonyl (C=S) groups is 1. The lowest BCUT2D eigenvalue weighted by Crippen LogP contribution is -2.32. The molecule has 0 aromatic heterocycles. The first kappa shape index (κ1) is 6.81. The lowest BCUT2D eigenvalue weighted by molar-refractivity contribution is 0.595. The van der Waals surface area contributed by atoms with E-state index in [0.717, 1.165) is 0 Å². The minimum Gasteiger partial charge on any atom is -0.376 e. The fourth-order valence-corrected chi connectivity index (χ4v) is 1.03. The van der Waals surface area contributed by atoms with Crippen LogP contribution in [0, 0.1) is 5.41 Å². The van der Waals surface area contributed by atoms with E-state index >= 15 is 0 Å². The van der Waals surface area contributed by atoms with Gasteiger partial charge in [0.25, 0.3) is 0 Å². The molecule has 9 heavy (non-hydrogen) atoms. The summed E-state index contributed by atoms with van der Waals surface area (Å²) in [5.41, 5.74) is 5.69. The summed E-state index contributed by atoms with van der Waals surface area (Å²) in [6.07, 6.45) is 1.18. The quantitative estimate of drug-likeness (QED) is 0.530. The van der Waals surface area contributed by atoms with Crippen molar-refractivity contribution >= 4 is 17.3 Å². The molecule has 1 unspecified atom stereocenters. The second-order valence-electron chi connectivity index (χ2n) is 3.25. The van der Waals surface area contributed by atoms with Crippen LogP contribution in [0.4, 0.5) is 0 Å². The lowest BCUT2D eigenvalue weighted by atomic mass is 10.2. The van der Waals surface area contributed by atoms with Crippen LogP contribution in [-0.4, -0.2) is 11.2 Å². The molecular weight excluding hydrogens is 132 g/mol. The molecule has 0 saturated heterocycles. The van der Waals surface area contributed by atoms with Gasteiger partial charge in [-0.2, -0.15) is 0 Å². The summed E-state index contributed by atoms with van der Waals surface area (Å²) in [7, 11) is 0. The molecule has 0 aliphatic heterocycles. The average Bonchev–Trinajstić information content (AvgIpc) is 2.10. The predicted molar refractivity (Wildman–Crippen MR) is 42.1 cm³/mol. The Kier molecular flexibility index (Phi) is 1.39. The minimum atomic E-state index is 0.420. The van der Waals surface area contributed by atoms with Gasteiger partial charge < -0.3 is 11.1 Å². The van der Waals surface area contributed by atoms with Gasteiger partial charge in [-0.05, 0) is 24.1 Å². The summed E-state index contributed by atoms with van der Waals surface area (Å²) in [5.74, 6) is 0. The standard InChI is InChI=1S/C6H12N2S/c1-6(2)3-4(6)8-5(7)9/h4H,3H2,1-2H3,(H3,7,8,9). The van der Waals surface area contributed by atoms with Gasteiger partial charge in [0.05, 0.1) is 0 Å². The van der Waals surface area contributed by atoms with Crippen LogP contribution < -0.4 is 11.1 Å². The Hall–Kier alpha value is -0.310. The van der Waals surface area contributed by atoms with Gasteiger partial charge in [-0.25, -0.2) is 0 Å². The summed E-state index contributed by atoms with van der Waals surface area (Å²) in [4.78, 5) is 0. The summed E-state index contributed by atoms with van der Waals surface area (Å²) >= 11 is 4.68. The number of nitrogens with one attached hydrogen (secondary N) is 1. The van der Waals surface area contributed by atoms with Crippen molar-refractivity contribution in [2.75, 3.05) is 0 Å². The monoisotopic (exact) mass is 144 g/mol. The minimum absolute atomic E-state index is 0.420. The Morgan fingerprint density at radius 1 is 1.78 bits per heavy atom. The fraction of sp³-hybridized carbons (Fsp3) is 0.833. The van der Waals surface area contributed by atoms with Crippen molar-refractivity contribution in [1.82, 2.24) is 5.32 Å². The molecule has 1 aliphatic rings. The van der Waals surface area contributed by atoms with Crippen LogP contribution in [0.3, 0.4) is 0 Å². The molecule has 3 N–H and O–H groups in total. The third kappa shape index (κ3) is 1.55. The Morgan fingerprint density at radius 3 is 2.33 bits per heavy atom. The van der Waals surface area contributed by atoms with Crippen molar-refractivity contribution in [3.8, 4) is 0 Å². The van der Waals surface area contributed by atoms with E-state index in [1.54, 1.807) is 0 Å². The largest absolute Gasteiger partial charge is 0.376 e. The zero-order chi connectivity index (χ0) is 7.07. The van der Waals surface area contributed by atoms with Crippen LogP contribution in [0.5, 0.6) is 0 Å². The molecule has 0 bridgehead atoms. The molecule has 1 fully saturated rings. The summed E-state index contributed by atoms with van der Waals surface area (Å²) < 4.78 is 0. The van der Waals surface area contributed by atoms with E-state index in [1.165, 1.54) is 6.42 Å². The third-order valence-corrected chi connectivity index (χ3v) is 1.95. The van der Waals surface area contributed by atoms with Gasteiger partial charge in [0.15, 0.2) is 5.11 Å². The molecule has 3 heteroatoms. The first-order valence-corrected chi connectivity index (χ1v) is 3.49. The van der Waals surface area contributed by atoms with Crippen LogP contribution in [-0.2, 0) is 0 Å². The van der Waals surface area contributed by atoms with Gasteiger partial charge >= 0.3 is 0 Å². The molecule has 1 atom stereocenters. The second kappa shape index (κ2) is 1.84. The molecule has 1 saturated carbocycles. The van der Waals surface area contributed by atoms with Crippen molar-refractivity contribution in [3.63, 3.8) is 0 Å². The maximum Gasteiger partial charge on any atom is 0.163 e. The Morgan fingerprint density at radius 2 is 2.22 bits per heavy atom. The highest BCUT2D eigenvalue weighted by molar-refractivity contribution is 7.80. The highest BCUT2D eigenvalue weighted by Gasteiger charge is 2.45. The van der Waals surface area contributed by atoms with E-state index in [4.69, 9.17) is 5.73 Å². The van der Waals surface area contributed by atoms with E-state index in [0.29, 0.717) is 16.6 Å². The molecule has 1 aliphatic carbocycles. The first-order chi connectivity index (χ1) is 4.02. The average molecular weight is 144 g/mol. The maximum absolute atomic E-state index is 5.27. The number of hydrogen-bond acceptors (Lipinski definition) is 1. The van der Waals surface area contributed by atoms with E-state index in [2.05, 4.69) is 31.4 Å². The lowest BCUT2D eigenvalue weighted by Gasteiger charge is -2.03. The second-order valence-corrected chi connectivity index (χ2v) is 3.69. The summed E-state index contributed by atoms with van der Waals surface area (Å²) in [6, 6.07) is 0.523. The molecule has 0 aromatic carbocycles. The predicted octanol–water partition coefficient (Wildman–Crippen LogP) is 0.618. The van der Waals surface area contributed by atoms with Crippen LogP contribution in [0.2, 0.25) is 0 Å². The maximum atomic E-state index is 5.27. The molecule has 2 nitrogen and oxygen atoms in total. The number of nitrogens with two attached hydrogens (primary N) is 1. The van der Waals surface area contributed by atoms with Crippen LogP contribution in [0.25, 0.3) is 0 Å². The zero-order valence-electron chi connectivity index (χ0n) is 5.77. The van der Waals surface area contributed by atoms with Crippen molar-refractivity contribution in [2.45, 2.75) is 26.3 Å². The van der Waals surface area contributed by atoms with Crippen LogP contribution >= 0.6 is 12.2 Å². The molecule has 0 aromatic rings. The third-order valence-electron chi connectivity index (χ3n) is 1.83. The Labute approximate surface area is 60.8 Å². The zero-order valence-corrected chi connectivity index (χ0v) is 6.59. The van der Waals surface area contributed by atoms with E-state index in [9.17, 15) is 0 Å². The summed E-state index contributed by atoms with van der Waals surface area (Å²) in [5, 5.41) is 3.44. The van der Waals surface area contributed by atoms with Crippen molar-refractivity contribution in [1.29, 1.82) is 0 Å². The molecule has 0 spiro atoms. The Bertz CT molecular complexity index is 142. The smallest absolute Gasteiger partial charge is 0.163 e. The van der Waals surface area contributed by atoms with Gasteiger partial charge in [-0.15, -0.1) is 0 Å². The molecule has 52 valence electrons. The van der Waals surface area contributed by atoms with E-state index in [-0.39, 0.29) is 0 Å². The van der Waals surface area contributed by atoms with Gasteiger partial charge in [-0.1, -0.05) is 13.8 Å². The van der Waals surface area contributed by atoms with Crippen molar-refractivity contribution in [2.24, 2.45) is 11.1 Å². The number of hydrogen-bond donors (Lipinski definition) is 2. The van der Waals surface area contributed by atoms with E-state index < -0.39 is 0 Å². The molecule has 1 rings (SSSR count). The van der Waals surface area contributed by atoms with Gasteiger partial charge in [0.1, 0.15) is 0 Å². The molecular formula is C6H12N2S. The highest BCUT2D eigenvalue weighted by atomic mass is 32.1. The molecule has 0 amide bonds. The van der Waals surface area contributed by atoms with Crippen molar-refractivity contribution in [3.05, 3.63) is 0 Å². The molecule has 0 radical (unpaired) electrons. The van der Waals surface area contributed by atoms with E-state index in [1.807, 2.05) is 0 Å². The summed E-state index contributed by atoms with van der Waals surface area (Å²) in [6.45, 7) is 4.39. The fourth-order valence-electron chi connectivity index (χ4n) is 0.885. The highest BCUT2D eigenvalue weighted by Crippen LogP contribution is 2.44. The topological polar surface area (TPSA) is 38.0 Å². The van der Waals surface area contributed by atoms with Gasteiger partial charge in [0.2, 0.25) is 0 Å². The Balaban J connectivity index is 2.28. The van der Waals surface area contributed by atoms with Crippen molar-refractivity contribution < 1.29 is 0 Å².